The van der Waals surface area contributed by atoms with Crippen molar-refractivity contribution < 1.29 is 18.0 Å². The highest BCUT2D eigenvalue weighted by molar-refractivity contribution is 7.92. The summed E-state index contributed by atoms with van der Waals surface area (Å²) in [7, 11) is -2.54. The zero-order chi connectivity index (χ0) is 27.2. The maximum absolute atomic E-state index is 13.9. The van der Waals surface area contributed by atoms with Crippen molar-refractivity contribution in [1.82, 2.24) is 10.2 Å². The van der Waals surface area contributed by atoms with Crippen molar-refractivity contribution in [3.05, 3.63) is 95.1 Å². The van der Waals surface area contributed by atoms with Gasteiger partial charge in [0.1, 0.15) is 12.6 Å². The third kappa shape index (κ3) is 6.38. The van der Waals surface area contributed by atoms with E-state index < -0.39 is 28.5 Å². The number of hydrogen-bond donors (Lipinski definition) is 1. The minimum Gasteiger partial charge on any atom is -0.357 e. The van der Waals surface area contributed by atoms with Crippen LogP contribution < -0.4 is 9.62 Å². The molecule has 37 heavy (non-hydrogen) atoms. The quantitative estimate of drug-likeness (QED) is 0.430. The highest BCUT2D eigenvalue weighted by Gasteiger charge is 2.34. The molecule has 0 aliphatic carbocycles. The third-order valence-corrected chi connectivity index (χ3v) is 8.33. The van der Waals surface area contributed by atoms with Gasteiger partial charge in [0, 0.05) is 13.6 Å². The Morgan fingerprint density at radius 1 is 0.892 bits per heavy atom. The second-order valence-electron chi connectivity index (χ2n) is 9.09. The number of nitrogens with one attached hydrogen (secondary N) is 1. The molecule has 8 heteroatoms. The number of carbonyl (C=O) groups excluding carboxylic acids is 2. The number of anilines is 1. The van der Waals surface area contributed by atoms with Crippen LogP contribution >= 0.6 is 0 Å². The Bertz CT molecular complexity index is 1340. The van der Waals surface area contributed by atoms with Gasteiger partial charge in [-0.25, -0.2) is 8.42 Å². The van der Waals surface area contributed by atoms with Gasteiger partial charge in [0.05, 0.1) is 10.6 Å². The lowest BCUT2D eigenvalue weighted by Gasteiger charge is -2.33. The van der Waals surface area contributed by atoms with Gasteiger partial charge in [-0.1, -0.05) is 67.1 Å². The van der Waals surface area contributed by atoms with Gasteiger partial charge in [-0.15, -0.1) is 0 Å². The molecule has 0 aliphatic rings. The SMILES string of the molecule is CCC(C(=O)NC)N(Cc1ccc(C)cc1)C(=O)CN(c1cccc(C)c1C)S(=O)(=O)c1ccccc1. The van der Waals surface area contributed by atoms with E-state index in [-0.39, 0.29) is 17.3 Å². The Kier molecular flexibility index (Phi) is 9.10. The molecule has 0 spiro atoms. The summed E-state index contributed by atoms with van der Waals surface area (Å²) in [5.74, 6) is -0.761. The van der Waals surface area contributed by atoms with Crippen LogP contribution in [0.1, 0.15) is 35.6 Å². The molecule has 0 saturated heterocycles. The molecule has 0 fully saturated rings. The highest BCUT2D eigenvalue weighted by Crippen LogP contribution is 2.29. The van der Waals surface area contributed by atoms with E-state index in [1.54, 1.807) is 30.3 Å². The summed E-state index contributed by atoms with van der Waals surface area (Å²) in [4.78, 5) is 28.3. The maximum Gasteiger partial charge on any atom is 0.264 e. The van der Waals surface area contributed by atoms with Gasteiger partial charge < -0.3 is 10.2 Å². The molecule has 196 valence electrons. The topological polar surface area (TPSA) is 86.8 Å². The average Bonchev–Trinajstić information content (AvgIpc) is 2.90. The van der Waals surface area contributed by atoms with Crippen LogP contribution in [0, 0.1) is 20.8 Å². The summed E-state index contributed by atoms with van der Waals surface area (Å²) in [5, 5.41) is 2.64. The first-order valence-corrected chi connectivity index (χ1v) is 13.7. The zero-order valence-corrected chi connectivity index (χ0v) is 22.9. The summed E-state index contributed by atoms with van der Waals surface area (Å²) < 4.78 is 28.9. The number of likely N-dealkylation sites (N-methyl/N-ethyl adjacent to an activating group) is 1. The first-order valence-electron chi connectivity index (χ1n) is 12.3. The van der Waals surface area contributed by atoms with Crippen LogP contribution in [0.4, 0.5) is 5.69 Å². The Balaban J connectivity index is 2.09. The molecule has 3 aromatic carbocycles. The molecule has 0 saturated carbocycles. The molecule has 0 aromatic heterocycles. The molecule has 0 aliphatic heterocycles. The van der Waals surface area contributed by atoms with E-state index in [1.165, 1.54) is 24.1 Å². The molecule has 1 N–H and O–H groups in total. The van der Waals surface area contributed by atoms with Crippen molar-refractivity contribution in [3.8, 4) is 0 Å². The van der Waals surface area contributed by atoms with Crippen LogP contribution in [0.3, 0.4) is 0 Å². The molecule has 3 rings (SSSR count). The molecule has 1 unspecified atom stereocenters. The lowest BCUT2D eigenvalue weighted by atomic mass is 10.1. The number of carbonyl (C=O) groups is 2. The molecular weight excluding hydrogens is 486 g/mol. The molecule has 1 atom stereocenters. The summed E-state index contributed by atoms with van der Waals surface area (Å²) in [6.07, 6.45) is 0.381. The Morgan fingerprint density at radius 3 is 2.14 bits per heavy atom. The number of sulfonamides is 1. The lowest BCUT2D eigenvalue weighted by Crippen LogP contribution is -2.51. The smallest absolute Gasteiger partial charge is 0.264 e. The van der Waals surface area contributed by atoms with Crippen molar-refractivity contribution in [3.63, 3.8) is 0 Å². The van der Waals surface area contributed by atoms with E-state index in [0.717, 1.165) is 26.6 Å². The number of aryl methyl sites for hydroxylation is 2. The first kappa shape index (κ1) is 27.9. The van der Waals surface area contributed by atoms with E-state index in [9.17, 15) is 18.0 Å². The Morgan fingerprint density at radius 2 is 1.54 bits per heavy atom. The lowest BCUT2D eigenvalue weighted by molar-refractivity contribution is -0.140. The normalized spacial score (nSPS) is 12.0. The zero-order valence-electron chi connectivity index (χ0n) is 22.1. The van der Waals surface area contributed by atoms with E-state index in [2.05, 4.69) is 5.32 Å². The third-order valence-electron chi connectivity index (χ3n) is 6.56. The van der Waals surface area contributed by atoms with E-state index in [1.807, 2.05) is 58.0 Å². The molecular formula is C29H35N3O4S. The number of hydrogen-bond acceptors (Lipinski definition) is 4. The molecule has 2 amide bonds. The molecule has 0 bridgehead atoms. The summed E-state index contributed by atoms with van der Waals surface area (Å²) in [6, 6.07) is 20.4. The fourth-order valence-corrected chi connectivity index (χ4v) is 5.71. The van der Waals surface area contributed by atoms with E-state index >= 15 is 0 Å². The Labute approximate surface area is 220 Å². The minimum atomic E-state index is -4.07. The predicted molar refractivity (Wildman–Crippen MR) is 147 cm³/mol. The second kappa shape index (κ2) is 12.1. The number of rotatable bonds is 10. The monoisotopic (exact) mass is 521 g/mol. The summed E-state index contributed by atoms with van der Waals surface area (Å²) in [6.45, 7) is 7.28. The van der Waals surface area contributed by atoms with Gasteiger partial charge in [-0.2, -0.15) is 0 Å². The first-order chi connectivity index (χ1) is 17.6. The van der Waals surface area contributed by atoms with Gasteiger partial charge in [0.25, 0.3) is 10.0 Å². The summed E-state index contributed by atoms with van der Waals surface area (Å²) in [5.41, 5.74) is 4.03. The van der Waals surface area contributed by atoms with Crippen LogP contribution in [0.25, 0.3) is 0 Å². The predicted octanol–water partition coefficient (Wildman–Crippen LogP) is 4.36. The van der Waals surface area contributed by atoms with Crippen molar-refractivity contribution in [2.75, 3.05) is 17.9 Å². The van der Waals surface area contributed by atoms with Crippen LogP contribution in [-0.2, 0) is 26.2 Å². The largest absolute Gasteiger partial charge is 0.357 e. The number of nitrogens with zero attached hydrogens (tertiary/aromatic N) is 2. The van der Waals surface area contributed by atoms with Gasteiger partial charge >= 0.3 is 0 Å². The van der Waals surface area contributed by atoms with Crippen molar-refractivity contribution >= 4 is 27.5 Å². The molecule has 0 radical (unpaired) electrons. The van der Waals surface area contributed by atoms with Crippen molar-refractivity contribution in [2.24, 2.45) is 0 Å². The Hall–Kier alpha value is -3.65. The van der Waals surface area contributed by atoms with Crippen molar-refractivity contribution in [1.29, 1.82) is 0 Å². The maximum atomic E-state index is 13.9. The average molecular weight is 522 g/mol. The van der Waals surface area contributed by atoms with Crippen LogP contribution in [0.15, 0.2) is 77.7 Å². The standard InChI is InChI=1S/C29H35N3O4S/c1-6-26(29(34)30-5)31(19-24-17-15-21(2)16-18-24)28(33)20-32(27-14-10-11-22(3)23(27)4)37(35,36)25-12-8-7-9-13-25/h7-18,26H,6,19-20H2,1-5H3,(H,30,34). The molecule has 3 aromatic rings. The van der Waals surface area contributed by atoms with Gasteiger partial charge in [-0.05, 0) is 62.1 Å². The van der Waals surface area contributed by atoms with Gasteiger partial charge in [0.2, 0.25) is 11.8 Å². The minimum absolute atomic E-state index is 0.0899. The second-order valence-corrected chi connectivity index (χ2v) is 11.0. The van der Waals surface area contributed by atoms with Crippen molar-refractivity contribution in [2.45, 2.75) is 51.6 Å². The number of amides is 2. The van der Waals surface area contributed by atoms with Crippen LogP contribution in [-0.4, -0.2) is 44.8 Å². The fourth-order valence-electron chi connectivity index (χ4n) is 4.22. The van der Waals surface area contributed by atoms with E-state index in [0.29, 0.717) is 12.1 Å². The van der Waals surface area contributed by atoms with Gasteiger partial charge in [0.15, 0.2) is 0 Å². The number of benzene rings is 3. The summed E-state index contributed by atoms with van der Waals surface area (Å²) >= 11 is 0. The van der Waals surface area contributed by atoms with E-state index in [4.69, 9.17) is 0 Å². The van der Waals surface area contributed by atoms with Crippen LogP contribution in [0.5, 0.6) is 0 Å². The van der Waals surface area contributed by atoms with Gasteiger partial charge in [-0.3, -0.25) is 13.9 Å². The fraction of sp³-hybridized carbons (Fsp3) is 0.310. The highest BCUT2D eigenvalue weighted by atomic mass is 32.2. The molecule has 0 heterocycles. The van der Waals surface area contributed by atoms with Crippen LogP contribution in [0.2, 0.25) is 0 Å². The molecule has 7 nitrogen and oxygen atoms in total.